The fraction of sp³-hybridized carbons (Fsp3) is 0.455. The van der Waals surface area contributed by atoms with Crippen LogP contribution in [0.1, 0.15) is 30.9 Å². The molecule has 1 aliphatic carbocycles. The van der Waals surface area contributed by atoms with Gasteiger partial charge in [0.05, 0.1) is 3.57 Å². The van der Waals surface area contributed by atoms with Gasteiger partial charge in [0, 0.05) is 11.6 Å². The Kier molecular flexibility index (Phi) is 2.97. The lowest BCUT2D eigenvalue weighted by Crippen LogP contribution is -2.11. The first kappa shape index (κ1) is 10.2. The van der Waals surface area contributed by atoms with Crippen LogP contribution < -0.4 is 5.73 Å². The van der Waals surface area contributed by atoms with Crippen molar-refractivity contribution in [2.75, 3.05) is 0 Å². The van der Waals surface area contributed by atoms with Gasteiger partial charge in [0.15, 0.2) is 0 Å². The smallest absolute Gasteiger partial charge is 0.133 e. The minimum atomic E-state index is -0.00258. The molecule has 0 spiro atoms. The molecule has 0 bridgehead atoms. The zero-order valence-electron chi connectivity index (χ0n) is 7.91. The Bertz CT molecular complexity index is 336. The molecule has 0 heterocycles. The Morgan fingerprint density at radius 3 is 2.86 bits per heavy atom. The molecule has 3 N–H and O–H groups in total. The monoisotopic (exact) mass is 303 g/mol. The highest BCUT2D eigenvalue weighted by Gasteiger charge is 2.25. The molecule has 0 aromatic heterocycles. The average molecular weight is 303 g/mol. The highest BCUT2D eigenvalue weighted by atomic mass is 127. The Morgan fingerprint density at radius 2 is 2.21 bits per heavy atom. The van der Waals surface area contributed by atoms with Crippen LogP contribution in [0.4, 0.5) is 0 Å². The highest BCUT2D eigenvalue weighted by molar-refractivity contribution is 14.1. The minimum absolute atomic E-state index is 0.00258. The molecule has 1 atom stereocenters. The van der Waals surface area contributed by atoms with Crippen molar-refractivity contribution >= 4 is 22.6 Å². The number of aromatic hydroxyl groups is 1. The van der Waals surface area contributed by atoms with Crippen LogP contribution in [-0.4, -0.2) is 5.11 Å². The van der Waals surface area contributed by atoms with Gasteiger partial charge in [-0.2, -0.15) is 0 Å². The molecule has 14 heavy (non-hydrogen) atoms. The van der Waals surface area contributed by atoms with E-state index < -0.39 is 0 Å². The fourth-order valence-corrected chi connectivity index (χ4v) is 2.19. The van der Waals surface area contributed by atoms with Gasteiger partial charge < -0.3 is 10.8 Å². The second-order valence-electron chi connectivity index (χ2n) is 3.96. The molecule has 1 saturated carbocycles. The van der Waals surface area contributed by atoms with Crippen LogP contribution >= 0.6 is 22.6 Å². The molecule has 0 amide bonds. The number of phenols is 1. The molecular formula is C11H14INO. The van der Waals surface area contributed by atoms with E-state index in [0.717, 1.165) is 21.5 Å². The van der Waals surface area contributed by atoms with Gasteiger partial charge in [-0.15, -0.1) is 0 Å². The maximum absolute atomic E-state index is 9.81. The number of benzene rings is 1. The number of phenolic OH excluding ortho intramolecular Hbond substituents is 1. The summed E-state index contributed by atoms with van der Waals surface area (Å²) in [5, 5.41) is 9.81. The Morgan fingerprint density at radius 1 is 1.50 bits per heavy atom. The molecule has 1 fully saturated rings. The van der Waals surface area contributed by atoms with Crippen molar-refractivity contribution in [3.63, 3.8) is 0 Å². The van der Waals surface area contributed by atoms with E-state index in [1.54, 1.807) is 0 Å². The molecule has 0 unspecified atom stereocenters. The molecule has 1 aliphatic rings. The van der Waals surface area contributed by atoms with E-state index in [9.17, 15) is 5.11 Å². The van der Waals surface area contributed by atoms with Crippen molar-refractivity contribution in [3.05, 3.63) is 27.3 Å². The zero-order chi connectivity index (χ0) is 10.1. The van der Waals surface area contributed by atoms with Crippen LogP contribution in [0.25, 0.3) is 0 Å². The summed E-state index contributed by atoms with van der Waals surface area (Å²) in [6.45, 7) is 0. The zero-order valence-corrected chi connectivity index (χ0v) is 10.1. The van der Waals surface area contributed by atoms with Gasteiger partial charge in [-0.25, -0.2) is 0 Å². The van der Waals surface area contributed by atoms with E-state index in [1.165, 1.54) is 12.8 Å². The molecule has 3 heteroatoms. The number of hydrogen-bond acceptors (Lipinski definition) is 2. The van der Waals surface area contributed by atoms with E-state index in [4.69, 9.17) is 5.73 Å². The molecular weight excluding hydrogens is 289 g/mol. The van der Waals surface area contributed by atoms with E-state index in [-0.39, 0.29) is 6.04 Å². The van der Waals surface area contributed by atoms with Crippen LogP contribution in [0.5, 0.6) is 5.75 Å². The second-order valence-corrected chi connectivity index (χ2v) is 5.13. The van der Waals surface area contributed by atoms with Gasteiger partial charge in [0.2, 0.25) is 0 Å². The summed E-state index contributed by atoms with van der Waals surface area (Å²) < 4.78 is 0.881. The highest BCUT2D eigenvalue weighted by Crippen LogP contribution is 2.39. The van der Waals surface area contributed by atoms with Crippen molar-refractivity contribution in [1.82, 2.24) is 0 Å². The Hall–Kier alpha value is -0.290. The van der Waals surface area contributed by atoms with Gasteiger partial charge >= 0.3 is 0 Å². The predicted octanol–water partition coefficient (Wildman–Crippen LogP) is 2.80. The van der Waals surface area contributed by atoms with Crippen LogP contribution in [0, 0.1) is 9.49 Å². The first-order valence-electron chi connectivity index (χ1n) is 4.91. The lowest BCUT2D eigenvalue weighted by Gasteiger charge is -2.13. The van der Waals surface area contributed by atoms with E-state index >= 15 is 0 Å². The number of halogens is 1. The summed E-state index contributed by atoms with van der Waals surface area (Å²) >= 11 is 2.13. The van der Waals surface area contributed by atoms with Crippen molar-refractivity contribution in [2.45, 2.75) is 25.3 Å². The van der Waals surface area contributed by atoms with E-state index in [2.05, 4.69) is 22.6 Å². The van der Waals surface area contributed by atoms with Crippen LogP contribution in [0.2, 0.25) is 0 Å². The number of para-hydroxylation sites is 1. The molecule has 1 aromatic rings. The first-order valence-corrected chi connectivity index (χ1v) is 5.99. The third-order valence-corrected chi connectivity index (χ3v) is 3.57. The quantitative estimate of drug-likeness (QED) is 0.844. The van der Waals surface area contributed by atoms with Gasteiger partial charge in [-0.1, -0.05) is 25.0 Å². The number of rotatable bonds is 3. The maximum Gasteiger partial charge on any atom is 0.133 e. The SMILES string of the molecule is N[C@@H](CC1CC1)c1cccc(I)c1O. The van der Waals surface area contributed by atoms with Crippen molar-refractivity contribution in [2.24, 2.45) is 11.7 Å². The van der Waals surface area contributed by atoms with Crippen molar-refractivity contribution in [1.29, 1.82) is 0 Å². The van der Waals surface area contributed by atoms with Crippen LogP contribution in [0.3, 0.4) is 0 Å². The predicted molar refractivity (Wildman–Crippen MR) is 65.1 cm³/mol. The topological polar surface area (TPSA) is 46.2 Å². The molecule has 0 saturated heterocycles. The first-order chi connectivity index (χ1) is 6.68. The average Bonchev–Trinajstić information content (AvgIpc) is 2.93. The number of nitrogens with two attached hydrogens (primary N) is 1. The summed E-state index contributed by atoms with van der Waals surface area (Å²) in [7, 11) is 0. The lowest BCUT2D eigenvalue weighted by atomic mass is 10.0. The standard InChI is InChI=1S/C11H14INO/c12-9-3-1-2-8(11(9)14)10(13)6-7-4-5-7/h1-3,7,10,14H,4-6,13H2/t10-/m0/s1. The van der Waals surface area contributed by atoms with Gasteiger partial charge in [0.1, 0.15) is 5.75 Å². The molecule has 2 rings (SSSR count). The summed E-state index contributed by atoms with van der Waals surface area (Å²) in [6.07, 6.45) is 3.62. The maximum atomic E-state index is 9.81. The Balaban J connectivity index is 2.16. The van der Waals surface area contributed by atoms with Crippen LogP contribution in [0.15, 0.2) is 18.2 Å². The molecule has 0 aliphatic heterocycles. The second kappa shape index (κ2) is 4.06. The third kappa shape index (κ3) is 2.20. The van der Waals surface area contributed by atoms with Crippen LogP contribution in [-0.2, 0) is 0 Å². The Labute approximate surface area is 97.6 Å². The molecule has 76 valence electrons. The third-order valence-electron chi connectivity index (χ3n) is 2.70. The summed E-state index contributed by atoms with van der Waals surface area (Å²) in [5.41, 5.74) is 6.93. The molecule has 2 nitrogen and oxygen atoms in total. The van der Waals surface area contributed by atoms with Gasteiger partial charge in [-0.3, -0.25) is 0 Å². The fourth-order valence-electron chi connectivity index (χ4n) is 1.67. The van der Waals surface area contributed by atoms with E-state index in [1.807, 2.05) is 18.2 Å². The number of hydrogen-bond donors (Lipinski definition) is 2. The van der Waals surface area contributed by atoms with E-state index in [0.29, 0.717) is 5.75 Å². The largest absolute Gasteiger partial charge is 0.506 e. The normalized spacial score (nSPS) is 18.1. The summed E-state index contributed by atoms with van der Waals surface area (Å²) in [4.78, 5) is 0. The lowest BCUT2D eigenvalue weighted by molar-refractivity contribution is 0.452. The van der Waals surface area contributed by atoms with Crippen molar-refractivity contribution < 1.29 is 5.11 Å². The van der Waals surface area contributed by atoms with Crippen molar-refractivity contribution in [3.8, 4) is 5.75 Å². The summed E-state index contributed by atoms with van der Waals surface area (Å²) in [6, 6.07) is 5.76. The molecule has 1 aromatic carbocycles. The summed E-state index contributed by atoms with van der Waals surface area (Å²) in [5.74, 6) is 1.16. The van der Waals surface area contributed by atoms with Gasteiger partial charge in [-0.05, 0) is 41.0 Å². The van der Waals surface area contributed by atoms with Gasteiger partial charge in [0.25, 0.3) is 0 Å². The minimum Gasteiger partial charge on any atom is -0.506 e. The molecule has 0 radical (unpaired) electrons.